The van der Waals surface area contributed by atoms with Crippen molar-refractivity contribution in [3.8, 4) is 0 Å². The first-order chi connectivity index (χ1) is 9.40. The molecule has 0 radical (unpaired) electrons. The Bertz CT molecular complexity index is 660. The molecule has 106 valence electrons. The van der Waals surface area contributed by atoms with Gasteiger partial charge in [-0.3, -0.25) is 0 Å². The minimum absolute atomic E-state index is 0.171. The molecule has 0 aliphatic heterocycles. The van der Waals surface area contributed by atoms with E-state index in [0.717, 1.165) is 10.9 Å². The van der Waals surface area contributed by atoms with Gasteiger partial charge in [0.2, 0.25) is 0 Å². The fraction of sp³-hybridized carbons (Fsp3) is 0.154. The van der Waals surface area contributed by atoms with E-state index in [9.17, 15) is 9.18 Å². The average molecular weight is 315 g/mol. The minimum atomic E-state index is -1.28. The van der Waals surface area contributed by atoms with Crippen LogP contribution in [-0.4, -0.2) is 11.1 Å². The first kappa shape index (κ1) is 14.6. The molecule has 1 unspecified atom stereocenters. The summed E-state index contributed by atoms with van der Waals surface area (Å²) in [5.41, 5.74) is 5.12. The number of thiophene rings is 1. The van der Waals surface area contributed by atoms with Crippen LogP contribution in [0.2, 0.25) is 4.34 Å². The van der Waals surface area contributed by atoms with Crippen molar-refractivity contribution in [2.75, 3.05) is 11.1 Å². The molecule has 7 heteroatoms. The Morgan fingerprint density at radius 3 is 2.70 bits per heavy atom. The van der Waals surface area contributed by atoms with Crippen molar-refractivity contribution < 1.29 is 14.3 Å². The predicted octanol–water partition coefficient (Wildman–Crippen LogP) is 3.99. The number of carboxylic acid groups (broad SMARTS) is 1. The Morgan fingerprint density at radius 1 is 1.45 bits per heavy atom. The van der Waals surface area contributed by atoms with Crippen molar-refractivity contribution in [1.82, 2.24) is 0 Å². The summed E-state index contributed by atoms with van der Waals surface area (Å²) in [5.74, 6) is -2.03. The second-order valence-electron chi connectivity index (χ2n) is 4.20. The van der Waals surface area contributed by atoms with Crippen molar-refractivity contribution in [3.63, 3.8) is 0 Å². The third kappa shape index (κ3) is 2.86. The van der Waals surface area contributed by atoms with Gasteiger partial charge in [0.15, 0.2) is 0 Å². The summed E-state index contributed by atoms with van der Waals surface area (Å²) in [4.78, 5) is 12.2. The molecule has 2 rings (SSSR count). The lowest BCUT2D eigenvalue weighted by atomic mass is 10.1. The lowest BCUT2D eigenvalue weighted by molar-refractivity contribution is 0.0698. The van der Waals surface area contributed by atoms with Crippen molar-refractivity contribution in [1.29, 1.82) is 0 Å². The topological polar surface area (TPSA) is 75.3 Å². The Morgan fingerprint density at radius 2 is 2.15 bits per heavy atom. The van der Waals surface area contributed by atoms with E-state index in [1.165, 1.54) is 17.4 Å². The highest BCUT2D eigenvalue weighted by Gasteiger charge is 2.19. The summed E-state index contributed by atoms with van der Waals surface area (Å²) in [7, 11) is 0. The highest BCUT2D eigenvalue weighted by molar-refractivity contribution is 7.16. The van der Waals surface area contributed by atoms with E-state index in [1.807, 2.05) is 13.0 Å². The summed E-state index contributed by atoms with van der Waals surface area (Å²) >= 11 is 7.25. The normalized spacial score (nSPS) is 12.2. The summed E-state index contributed by atoms with van der Waals surface area (Å²) in [6, 6.07) is 5.93. The number of nitrogens with one attached hydrogen (secondary N) is 1. The van der Waals surface area contributed by atoms with Gasteiger partial charge in [-0.1, -0.05) is 11.6 Å². The van der Waals surface area contributed by atoms with Crippen molar-refractivity contribution >= 4 is 40.3 Å². The van der Waals surface area contributed by atoms with Crippen LogP contribution in [0.25, 0.3) is 0 Å². The maximum atomic E-state index is 13.4. The third-order valence-electron chi connectivity index (χ3n) is 2.80. The number of hydrogen-bond donors (Lipinski definition) is 3. The van der Waals surface area contributed by atoms with E-state index in [2.05, 4.69) is 5.32 Å². The van der Waals surface area contributed by atoms with Crippen LogP contribution < -0.4 is 11.1 Å². The molecule has 4 nitrogen and oxygen atoms in total. The second kappa shape index (κ2) is 5.68. The Kier molecular flexibility index (Phi) is 4.15. The monoisotopic (exact) mass is 314 g/mol. The summed E-state index contributed by atoms with van der Waals surface area (Å²) in [6.45, 7) is 1.85. The molecule has 1 aromatic carbocycles. The van der Waals surface area contributed by atoms with E-state index in [1.54, 1.807) is 6.07 Å². The summed E-state index contributed by atoms with van der Waals surface area (Å²) in [6.07, 6.45) is 0. The largest absolute Gasteiger partial charge is 0.478 e. The SMILES string of the molecule is CC(Nc1ccc(F)c(N)c1C(=O)O)c1ccc(Cl)s1. The molecule has 0 spiro atoms. The number of nitrogen functional groups attached to an aromatic ring is 1. The quantitative estimate of drug-likeness (QED) is 0.746. The smallest absolute Gasteiger partial charge is 0.340 e. The van der Waals surface area contributed by atoms with Crippen LogP contribution in [0.3, 0.4) is 0 Å². The number of aromatic carboxylic acids is 1. The van der Waals surface area contributed by atoms with Crippen LogP contribution >= 0.6 is 22.9 Å². The van der Waals surface area contributed by atoms with Gasteiger partial charge in [0.05, 0.1) is 21.8 Å². The molecule has 20 heavy (non-hydrogen) atoms. The van der Waals surface area contributed by atoms with Crippen molar-refractivity contribution in [2.24, 2.45) is 0 Å². The van der Waals surface area contributed by atoms with Crippen LogP contribution in [0.15, 0.2) is 24.3 Å². The maximum Gasteiger partial charge on any atom is 0.340 e. The van der Waals surface area contributed by atoms with Gasteiger partial charge >= 0.3 is 5.97 Å². The zero-order valence-corrected chi connectivity index (χ0v) is 12.1. The molecular weight excluding hydrogens is 303 g/mol. The second-order valence-corrected chi connectivity index (χ2v) is 5.94. The molecule has 0 bridgehead atoms. The summed E-state index contributed by atoms with van der Waals surface area (Å²) < 4.78 is 14.0. The molecule has 0 amide bonds. The number of anilines is 2. The van der Waals surface area contributed by atoms with E-state index in [0.29, 0.717) is 4.34 Å². The van der Waals surface area contributed by atoms with Gasteiger partial charge in [-0.2, -0.15) is 0 Å². The first-order valence-electron chi connectivity index (χ1n) is 5.73. The van der Waals surface area contributed by atoms with E-state index < -0.39 is 11.8 Å². The van der Waals surface area contributed by atoms with Gasteiger partial charge in [-0.25, -0.2) is 9.18 Å². The Hall–Kier alpha value is -1.79. The van der Waals surface area contributed by atoms with Gasteiger partial charge in [0.1, 0.15) is 11.4 Å². The first-order valence-corrected chi connectivity index (χ1v) is 6.92. The van der Waals surface area contributed by atoms with Crippen LogP contribution in [0.5, 0.6) is 0 Å². The number of benzene rings is 1. The molecule has 0 aliphatic rings. The summed E-state index contributed by atoms with van der Waals surface area (Å²) in [5, 5.41) is 12.2. The zero-order chi connectivity index (χ0) is 14.9. The highest BCUT2D eigenvalue weighted by Crippen LogP contribution is 2.32. The molecule has 1 heterocycles. The third-order valence-corrected chi connectivity index (χ3v) is 4.21. The predicted molar refractivity (Wildman–Crippen MR) is 79.1 cm³/mol. The Balaban J connectivity index is 2.34. The number of carbonyl (C=O) groups is 1. The number of carboxylic acids is 1. The van der Waals surface area contributed by atoms with Crippen LogP contribution in [0, 0.1) is 5.82 Å². The van der Waals surface area contributed by atoms with Crippen LogP contribution in [0.4, 0.5) is 15.8 Å². The van der Waals surface area contributed by atoms with E-state index >= 15 is 0 Å². The molecule has 1 atom stereocenters. The number of hydrogen-bond acceptors (Lipinski definition) is 4. The van der Waals surface area contributed by atoms with Gasteiger partial charge in [0, 0.05) is 4.88 Å². The van der Waals surface area contributed by atoms with Crippen LogP contribution in [-0.2, 0) is 0 Å². The lowest BCUT2D eigenvalue weighted by Gasteiger charge is -2.17. The molecule has 0 saturated heterocycles. The molecule has 4 N–H and O–H groups in total. The fourth-order valence-electron chi connectivity index (χ4n) is 1.81. The van der Waals surface area contributed by atoms with Gasteiger partial charge in [-0.15, -0.1) is 11.3 Å². The minimum Gasteiger partial charge on any atom is -0.478 e. The Labute approximate surface area is 124 Å². The highest BCUT2D eigenvalue weighted by atomic mass is 35.5. The number of nitrogens with two attached hydrogens (primary N) is 1. The van der Waals surface area contributed by atoms with Gasteiger partial charge in [0.25, 0.3) is 0 Å². The van der Waals surface area contributed by atoms with Crippen LogP contribution in [0.1, 0.15) is 28.2 Å². The lowest BCUT2D eigenvalue weighted by Crippen LogP contribution is -2.12. The zero-order valence-electron chi connectivity index (χ0n) is 10.5. The fourth-order valence-corrected chi connectivity index (χ4v) is 2.87. The van der Waals surface area contributed by atoms with Gasteiger partial charge < -0.3 is 16.2 Å². The molecule has 0 aliphatic carbocycles. The van der Waals surface area contributed by atoms with Crippen molar-refractivity contribution in [3.05, 3.63) is 44.9 Å². The average Bonchev–Trinajstić information content (AvgIpc) is 2.80. The molecule has 0 saturated carbocycles. The van der Waals surface area contributed by atoms with E-state index in [4.69, 9.17) is 22.4 Å². The maximum absolute atomic E-state index is 13.4. The molecule has 0 fully saturated rings. The molecular formula is C13H12ClFN2O2S. The van der Waals surface area contributed by atoms with Gasteiger partial charge in [-0.05, 0) is 31.2 Å². The number of halogens is 2. The standard InChI is InChI=1S/C13H12ClFN2O2S/c1-6(9-4-5-10(14)20-9)17-8-3-2-7(15)12(16)11(8)13(18)19/h2-6,17H,16H2,1H3,(H,18,19). The molecule has 2 aromatic rings. The number of rotatable bonds is 4. The van der Waals surface area contributed by atoms with Crippen molar-refractivity contribution in [2.45, 2.75) is 13.0 Å². The molecule has 1 aromatic heterocycles. The van der Waals surface area contributed by atoms with E-state index in [-0.39, 0.29) is 23.0 Å².